The van der Waals surface area contributed by atoms with Crippen LogP contribution in [0.4, 0.5) is 4.39 Å². The maximum absolute atomic E-state index is 12.8. The van der Waals surface area contributed by atoms with Crippen LogP contribution in [0.25, 0.3) is 0 Å². The Balaban J connectivity index is 2.38. The second-order valence-corrected chi connectivity index (χ2v) is 4.20. The molecule has 0 spiro atoms. The molecule has 0 aliphatic rings. The highest BCUT2D eigenvalue weighted by molar-refractivity contribution is 5.15. The third kappa shape index (κ3) is 4.40. The van der Waals surface area contributed by atoms with E-state index in [2.05, 4.69) is 5.32 Å². The number of nitrogens with one attached hydrogen (secondary N) is 1. The molecular weight excluding hydrogens is 193 g/mol. The van der Waals surface area contributed by atoms with Crippen molar-refractivity contribution in [3.63, 3.8) is 0 Å². The van der Waals surface area contributed by atoms with Crippen molar-refractivity contribution in [2.45, 2.75) is 26.0 Å². The van der Waals surface area contributed by atoms with E-state index in [4.69, 9.17) is 4.74 Å². The van der Waals surface area contributed by atoms with Gasteiger partial charge in [-0.05, 0) is 31.5 Å². The summed E-state index contributed by atoms with van der Waals surface area (Å²) in [6.45, 7) is 5.40. The van der Waals surface area contributed by atoms with Crippen LogP contribution in [0.15, 0.2) is 24.3 Å². The largest absolute Gasteiger partial charge is 0.377 e. The first-order chi connectivity index (χ1) is 7.03. The summed E-state index contributed by atoms with van der Waals surface area (Å²) in [6, 6.07) is 6.60. The molecule has 0 radical (unpaired) electrons. The molecule has 1 N–H and O–H groups in total. The summed E-state index contributed by atoms with van der Waals surface area (Å²) in [4.78, 5) is 0. The van der Waals surface area contributed by atoms with E-state index in [1.54, 1.807) is 13.2 Å². The van der Waals surface area contributed by atoms with Crippen LogP contribution in [-0.4, -0.2) is 19.3 Å². The average Bonchev–Trinajstić information content (AvgIpc) is 2.18. The van der Waals surface area contributed by atoms with Crippen LogP contribution in [0.1, 0.15) is 19.4 Å². The summed E-state index contributed by atoms with van der Waals surface area (Å²) in [5.74, 6) is -0.194. The Hall–Kier alpha value is -0.930. The van der Waals surface area contributed by atoms with E-state index in [1.165, 1.54) is 12.1 Å². The fourth-order valence-corrected chi connectivity index (χ4v) is 1.23. The number of halogens is 1. The van der Waals surface area contributed by atoms with Crippen molar-refractivity contribution in [3.05, 3.63) is 35.6 Å². The van der Waals surface area contributed by atoms with E-state index >= 15 is 0 Å². The molecule has 0 unspecified atom stereocenters. The lowest BCUT2D eigenvalue weighted by Gasteiger charge is -2.23. The lowest BCUT2D eigenvalue weighted by molar-refractivity contribution is 0.0230. The zero-order valence-corrected chi connectivity index (χ0v) is 9.51. The lowest BCUT2D eigenvalue weighted by atomic mass is 10.1. The third-order valence-electron chi connectivity index (χ3n) is 2.32. The molecule has 0 saturated heterocycles. The highest BCUT2D eigenvalue weighted by Gasteiger charge is 2.14. The number of hydrogen-bond donors (Lipinski definition) is 1. The topological polar surface area (TPSA) is 21.3 Å². The second-order valence-electron chi connectivity index (χ2n) is 4.20. The number of methoxy groups -OCH3 is 1. The van der Waals surface area contributed by atoms with Gasteiger partial charge in [0, 0.05) is 20.2 Å². The van der Waals surface area contributed by atoms with Gasteiger partial charge in [0.1, 0.15) is 5.82 Å². The van der Waals surface area contributed by atoms with Gasteiger partial charge in [0.2, 0.25) is 0 Å². The van der Waals surface area contributed by atoms with Gasteiger partial charge in [-0.3, -0.25) is 0 Å². The van der Waals surface area contributed by atoms with E-state index in [0.717, 1.165) is 12.1 Å². The highest BCUT2D eigenvalue weighted by atomic mass is 19.1. The average molecular weight is 211 g/mol. The first-order valence-corrected chi connectivity index (χ1v) is 5.04. The standard InChI is InChI=1S/C12H18FNO/c1-12(2,15-3)9-14-8-10-5-4-6-11(13)7-10/h4-7,14H,8-9H2,1-3H3. The molecule has 84 valence electrons. The van der Waals surface area contributed by atoms with Crippen molar-refractivity contribution < 1.29 is 9.13 Å². The van der Waals surface area contributed by atoms with Gasteiger partial charge in [-0.2, -0.15) is 0 Å². The molecule has 0 bridgehead atoms. The van der Waals surface area contributed by atoms with E-state index in [1.807, 2.05) is 19.9 Å². The molecule has 1 rings (SSSR count). The zero-order chi connectivity index (χ0) is 11.3. The Morgan fingerprint density at radius 2 is 2.13 bits per heavy atom. The quantitative estimate of drug-likeness (QED) is 0.807. The summed E-state index contributed by atoms with van der Waals surface area (Å²) in [5.41, 5.74) is 0.759. The van der Waals surface area contributed by atoms with Crippen LogP contribution in [0, 0.1) is 5.82 Å². The van der Waals surface area contributed by atoms with Gasteiger partial charge in [0.05, 0.1) is 5.60 Å². The Bertz CT molecular complexity index is 312. The Labute approximate surface area is 90.4 Å². The van der Waals surface area contributed by atoms with Gasteiger partial charge >= 0.3 is 0 Å². The van der Waals surface area contributed by atoms with E-state index in [9.17, 15) is 4.39 Å². The van der Waals surface area contributed by atoms with Crippen LogP contribution < -0.4 is 5.32 Å². The number of hydrogen-bond acceptors (Lipinski definition) is 2. The van der Waals surface area contributed by atoms with Crippen molar-refractivity contribution >= 4 is 0 Å². The molecule has 1 aromatic carbocycles. The third-order valence-corrected chi connectivity index (χ3v) is 2.32. The minimum Gasteiger partial charge on any atom is -0.377 e. The van der Waals surface area contributed by atoms with Crippen LogP contribution >= 0.6 is 0 Å². The molecule has 0 aliphatic heterocycles. The van der Waals surface area contributed by atoms with Crippen molar-refractivity contribution in [3.8, 4) is 0 Å². The molecule has 3 heteroatoms. The van der Waals surface area contributed by atoms with Gasteiger partial charge in [-0.25, -0.2) is 4.39 Å². The van der Waals surface area contributed by atoms with Gasteiger partial charge in [0.25, 0.3) is 0 Å². The molecule has 0 fully saturated rings. The molecule has 0 aromatic heterocycles. The fraction of sp³-hybridized carbons (Fsp3) is 0.500. The Morgan fingerprint density at radius 3 is 2.73 bits per heavy atom. The summed E-state index contributed by atoms with van der Waals surface area (Å²) < 4.78 is 18.1. The molecular formula is C12H18FNO. The van der Waals surface area contributed by atoms with Gasteiger partial charge in [-0.15, -0.1) is 0 Å². The van der Waals surface area contributed by atoms with Crippen molar-refractivity contribution in [2.75, 3.05) is 13.7 Å². The number of benzene rings is 1. The molecule has 1 aromatic rings. The van der Waals surface area contributed by atoms with Crippen molar-refractivity contribution in [2.24, 2.45) is 0 Å². The molecule has 0 heterocycles. The van der Waals surface area contributed by atoms with Gasteiger partial charge in [-0.1, -0.05) is 12.1 Å². The van der Waals surface area contributed by atoms with Crippen LogP contribution in [-0.2, 0) is 11.3 Å². The number of rotatable bonds is 5. The summed E-state index contributed by atoms with van der Waals surface area (Å²) in [6.07, 6.45) is 0. The summed E-state index contributed by atoms with van der Waals surface area (Å²) in [5, 5.41) is 3.23. The zero-order valence-electron chi connectivity index (χ0n) is 9.51. The van der Waals surface area contributed by atoms with E-state index in [0.29, 0.717) is 6.54 Å². The molecule has 0 atom stereocenters. The molecule has 0 amide bonds. The lowest BCUT2D eigenvalue weighted by Crippen LogP contribution is -2.36. The number of ether oxygens (including phenoxy) is 1. The minimum absolute atomic E-state index is 0.187. The monoisotopic (exact) mass is 211 g/mol. The Kier molecular flexibility index (Phi) is 4.24. The molecule has 2 nitrogen and oxygen atoms in total. The predicted molar refractivity (Wildman–Crippen MR) is 59.2 cm³/mol. The normalized spacial score (nSPS) is 11.7. The molecule has 0 aliphatic carbocycles. The van der Waals surface area contributed by atoms with Crippen LogP contribution in [0.2, 0.25) is 0 Å². The van der Waals surface area contributed by atoms with Crippen LogP contribution in [0.3, 0.4) is 0 Å². The second kappa shape index (κ2) is 5.24. The van der Waals surface area contributed by atoms with Gasteiger partial charge < -0.3 is 10.1 Å². The maximum atomic E-state index is 12.8. The maximum Gasteiger partial charge on any atom is 0.123 e. The van der Waals surface area contributed by atoms with Crippen molar-refractivity contribution in [1.82, 2.24) is 5.32 Å². The predicted octanol–water partition coefficient (Wildman–Crippen LogP) is 2.34. The SMILES string of the molecule is COC(C)(C)CNCc1cccc(F)c1. The van der Waals surface area contributed by atoms with Crippen molar-refractivity contribution in [1.29, 1.82) is 0 Å². The highest BCUT2D eigenvalue weighted by Crippen LogP contribution is 2.06. The molecule has 0 saturated carbocycles. The van der Waals surface area contributed by atoms with Gasteiger partial charge in [0.15, 0.2) is 0 Å². The summed E-state index contributed by atoms with van der Waals surface area (Å²) >= 11 is 0. The smallest absolute Gasteiger partial charge is 0.123 e. The Morgan fingerprint density at radius 1 is 1.40 bits per heavy atom. The first kappa shape index (κ1) is 12.1. The minimum atomic E-state index is -0.194. The van der Waals surface area contributed by atoms with Crippen LogP contribution in [0.5, 0.6) is 0 Å². The summed E-state index contributed by atoms with van der Waals surface area (Å²) in [7, 11) is 1.68. The first-order valence-electron chi connectivity index (χ1n) is 5.04. The molecule has 15 heavy (non-hydrogen) atoms. The van der Waals surface area contributed by atoms with E-state index in [-0.39, 0.29) is 11.4 Å². The fourth-order valence-electron chi connectivity index (χ4n) is 1.23. The van der Waals surface area contributed by atoms with E-state index < -0.39 is 0 Å².